The van der Waals surface area contributed by atoms with E-state index in [1.54, 1.807) is 39.3 Å². The maximum absolute atomic E-state index is 13.3. The molecule has 0 atom stereocenters. The number of thiophene rings is 1. The number of hydrogen-bond acceptors (Lipinski definition) is 3. The van der Waals surface area contributed by atoms with Gasteiger partial charge in [0.05, 0.1) is 6.54 Å². The van der Waals surface area contributed by atoms with E-state index in [0.29, 0.717) is 32.0 Å². The van der Waals surface area contributed by atoms with Gasteiger partial charge < -0.3 is 9.80 Å². The van der Waals surface area contributed by atoms with Crippen molar-refractivity contribution in [2.75, 3.05) is 13.1 Å². The molecular weight excluding hydrogens is 423 g/mol. The lowest BCUT2D eigenvalue weighted by molar-refractivity contribution is -0.141. The number of rotatable bonds is 11. The summed E-state index contributed by atoms with van der Waals surface area (Å²) in [6.45, 7) is 7.03. The number of amides is 2. The summed E-state index contributed by atoms with van der Waals surface area (Å²) in [7, 11) is 0. The van der Waals surface area contributed by atoms with Crippen molar-refractivity contribution in [1.29, 1.82) is 0 Å². The van der Waals surface area contributed by atoms with Crippen LogP contribution in [0.4, 0.5) is 4.39 Å². The zero-order chi connectivity index (χ0) is 22.9. The molecule has 2 aromatic rings. The minimum atomic E-state index is -0.300. The van der Waals surface area contributed by atoms with Gasteiger partial charge in [-0.3, -0.25) is 9.59 Å². The van der Waals surface area contributed by atoms with Crippen LogP contribution < -0.4 is 0 Å². The van der Waals surface area contributed by atoms with Crippen molar-refractivity contribution in [3.8, 4) is 0 Å². The monoisotopic (exact) mass is 456 g/mol. The van der Waals surface area contributed by atoms with Gasteiger partial charge in [-0.2, -0.15) is 0 Å². The van der Waals surface area contributed by atoms with Crippen molar-refractivity contribution in [3.05, 3.63) is 70.2 Å². The van der Waals surface area contributed by atoms with Gasteiger partial charge in [0.25, 0.3) is 0 Å². The Labute approximate surface area is 194 Å². The molecule has 0 aliphatic heterocycles. The predicted octanol–water partition coefficient (Wildman–Crippen LogP) is 5.71. The second-order valence-corrected chi connectivity index (χ2v) is 9.66. The molecule has 0 radical (unpaired) electrons. The lowest BCUT2D eigenvalue weighted by atomic mass is 10.0. The summed E-state index contributed by atoms with van der Waals surface area (Å²) in [5.41, 5.74) is 2.00. The quantitative estimate of drug-likeness (QED) is 0.406. The van der Waals surface area contributed by atoms with Gasteiger partial charge in [-0.05, 0) is 54.0 Å². The molecule has 1 heterocycles. The van der Waals surface area contributed by atoms with Crippen molar-refractivity contribution in [3.63, 3.8) is 0 Å². The molecule has 0 N–H and O–H groups in total. The fourth-order valence-corrected chi connectivity index (χ4v) is 5.16. The summed E-state index contributed by atoms with van der Waals surface area (Å²) in [4.78, 5) is 30.7. The van der Waals surface area contributed by atoms with Crippen molar-refractivity contribution < 1.29 is 14.0 Å². The number of aryl methyl sites for hydroxylation is 1. The molecule has 0 bridgehead atoms. The number of carbonyl (C=O) groups is 2. The molecular formula is C26H33FN2O2S. The topological polar surface area (TPSA) is 40.6 Å². The van der Waals surface area contributed by atoms with Crippen LogP contribution in [0.25, 0.3) is 0 Å². The van der Waals surface area contributed by atoms with E-state index in [1.165, 1.54) is 37.8 Å². The Morgan fingerprint density at radius 3 is 2.44 bits per heavy atom. The van der Waals surface area contributed by atoms with E-state index < -0.39 is 0 Å². The van der Waals surface area contributed by atoms with Gasteiger partial charge in [-0.15, -0.1) is 17.9 Å². The molecule has 1 aliphatic rings. The standard InChI is InChI=1S/C26H33FN2O2S/c1-3-15-28(25(30)13-10-21-6-4-5-7-21)19-26(31)29(18-24-20(2)14-16-32-24)17-22-8-11-23(27)12-9-22/h3,8-9,11-12,14,16,21H,1,4-7,10,13,15,17-19H2,2H3. The van der Waals surface area contributed by atoms with Crippen LogP contribution in [0.15, 0.2) is 48.4 Å². The highest BCUT2D eigenvalue weighted by Crippen LogP contribution is 2.28. The van der Waals surface area contributed by atoms with E-state index in [1.807, 2.05) is 18.4 Å². The Morgan fingerprint density at radius 1 is 1.09 bits per heavy atom. The third-order valence-corrected chi connectivity index (χ3v) is 7.22. The first-order valence-electron chi connectivity index (χ1n) is 11.4. The summed E-state index contributed by atoms with van der Waals surface area (Å²) in [5.74, 6) is 0.236. The molecule has 0 spiro atoms. The van der Waals surface area contributed by atoms with Crippen LogP contribution in [0.2, 0.25) is 0 Å². The van der Waals surface area contributed by atoms with E-state index >= 15 is 0 Å². The number of carbonyl (C=O) groups excluding carboxylic acids is 2. The Balaban J connectivity index is 1.68. The number of benzene rings is 1. The van der Waals surface area contributed by atoms with Crippen LogP contribution >= 0.6 is 11.3 Å². The van der Waals surface area contributed by atoms with Gasteiger partial charge >= 0.3 is 0 Å². The SMILES string of the molecule is C=CCN(CC(=O)N(Cc1ccc(F)cc1)Cc1sccc1C)C(=O)CCC1CCCC1. The Hall–Kier alpha value is -2.47. The third-order valence-electron chi connectivity index (χ3n) is 6.21. The summed E-state index contributed by atoms with van der Waals surface area (Å²) < 4.78 is 13.3. The first-order valence-corrected chi connectivity index (χ1v) is 12.3. The largest absolute Gasteiger partial charge is 0.332 e. The Kier molecular flexibility index (Phi) is 9.03. The second-order valence-electron chi connectivity index (χ2n) is 8.66. The summed E-state index contributed by atoms with van der Waals surface area (Å²) in [5, 5.41) is 2.02. The van der Waals surface area contributed by atoms with Gasteiger partial charge in [0.2, 0.25) is 11.8 Å². The highest BCUT2D eigenvalue weighted by atomic mass is 32.1. The van der Waals surface area contributed by atoms with Crippen molar-refractivity contribution >= 4 is 23.2 Å². The van der Waals surface area contributed by atoms with Gasteiger partial charge in [0.15, 0.2) is 0 Å². The highest BCUT2D eigenvalue weighted by molar-refractivity contribution is 7.10. The molecule has 0 saturated heterocycles. The van der Waals surface area contributed by atoms with Crippen LogP contribution in [0, 0.1) is 18.7 Å². The van der Waals surface area contributed by atoms with Gasteiger partial charge in [-0.25, -0.2) is 4.39 Å². The zero-order valence-corrected chi connectivity index (χ0v) is 19.7. The smallest absolute Gasteiger partial charge is 0.242 e. The molecule has 6 heteroatoms. The molecule has 4 nitrogen and oxygen atoms in total. The molecule has 1 saturated carbocycles. The molecule has 172 valence electrons. The molecule has 0 unspecified atom stereocenters. The first kappa shape index (κ1) is 24.2. The maximum atomic E-state index is 13.3. The number of halogens is 1. The van der Waals surface area contributed by atoms with Crippen molar-refractivity contribution in [1.82, 2.24) is 9.80 Å². The van der Waals surface area contributed by atoms with Gasteiger partial charge in [0.1, 0.15) is 12.4 Å². The fraction of sp³-hybridized carbons (Fsp3) is 0.462. The number of hydrogen-bond donors (Lipinski definition) is 0. The second kappa shape index (κ2) is 12.0. The van der Waals surface area contributed by atoms with Crippen molar-refractivity contribution in [2.45, 2.75) is 58.5 Å². The molecule has 1 aromatic heterocycles. The average molecular weight is 457 g/mol. The van der Waals surface area contributed by atoms with Crippen LogP contribution in [0.1, 0.15) is 54.5 Å². The van der Waals surface area contributed by atoms with E-state index in [-0.39, 0.29) is 24.2 Å². The molecule has 2 amide bonds. The van der Waals surface area contributed by atoms with Gasteiger partial charge in [0, 0.05) is 24.4 Å². The van der Waals surface area contributed by atoms with Crippen LogP contribution in [-0.2, 0) is 22.7 Å². The van der Waals surface area contributed by atoms with Gasteiger partial charge in [-0.1, -0.05) is 43.9 Å². The summed E-state index contributed by atoms with van der Waals surface area (Å²) in [6.07, 6.45) is 7.98. The highest BCUT2D eigenvalue weighted by Gasteiger charge is 2.23. The first-order chi connectivity index (χ1) is 15.5. The lowest BCUT2D eigenvalue weighted by Gasteiger charge is -2.27. The van der Waals surface area contributed by atoms with E-state index in [2.05, 4.69) is 6.58 Å². The molecule has 1 aromatic carbocycles. The average Bonchev–Trinajstić information content (AvgIpc) is 3.44. The molecule has 32 heavy (non-hydrogen) atoms. The minimum absolute atomic E-state index is 0.0131. The number of nitrogens with zero attached hydrogens (tertiary/aromatic N) is 2. The minimum Gasteiger partial charge on any atom is -0.332 e. The van der Waals surface area contributed by atoms with E-state index in [0.717, 1.165) is 22.4 Å². The third kappa shape index (κ3) is 7.02. The predicted molar refractivity (Wildman–Crippen MR) is 128 cm³/mol. The summed E-state index contributed by atoms with van der Waals surface area (Å²) in [6, 6.07) is 8.25. The zero-order valence-electron chi connectivity index (χ0n) is 18.9. The molecule has 3 rings (SSSR count). The maximum Gasteiger partial charge on any atom is 0.242 e. The molecule has 1 aliphatic carbocycles. The van der Waals surface area contributed by atoms with Crippen LogP contribution in [0.5, 0.6) is 0 Å². The van der Waals surface area contributed by atoms with Crippen LogP contribution in [0.3, 0.4) is 0 Å². The van der Waals surface area contributed by atoms with E-state index in [4.69, 9.17) is 0 Å². The Bertz CT molecular complexity index is 903. The summed E-state index contributed by atoms with van der Waals surface area (Å²) >= 11 is 1.62. The molecule has 1 fully saturated rings. The van der Waals surface area contributed by atoms with Crippen molar-refractivity contribution in [2.24, 2.45) is 5.92 Å². The lowest BCUT2D eigenvalue weighted by Crippen LogP contribution is -2.42. The van der Waals surface area contributed by atoms with E-state index in [9.17, 15) is 14.0 Å². The fourth-order valence-electron chi connectivity index (χ4n) is 4.24. The normalized spacial score (nSPS) is 13.8. The van der Waals surface area contributed by atoms with Crippen LogP contribution in [-0.4, -0.2) is 34.7 Å². The Morgan fingerprint density at radius 2 is 1.81 bits per heavy atom.